The molecule has 0 atom stereocenters. The Hall–Kier alpha value is -3.35. The Labute approximate surface area is 200 Å². The van der Waals surface area contributed by atoms with Crippen molar-refractivity contribution in [2.24, 2.45) is 0 Å². The predicted octanol–water partition coefficient (Wildman–Crippen LogP) is 4.22. The number of amides is 1. The quantitative estimate of drug-likeness (QED) is 0.429. The lowest BCUT2D eigenvalue weighted by Crippen LogP contribution is -2.41. The molecule has 0 aliphatic carbocycles. The molecule has 0 radical (unpaired) electrons. The Kier molecular flexibility index (Phi) is 6.96. The van der Waals surface area contributed by atoms with Gasteiger partial charge >= 0.3 is 5.69 Å². The monoisotopic (exact) mass is 481 g/mol. The molecular weight excluding hydrogens is 461 g/mol. The zero-order valence-corrected chi connectivity index (χ0v) is 19.1. The van der Waals surface area contributed by atoms with Crippen molar-refractivity contribution in [2.75, 3.05) is 0 Å². The molecule has 168 valence electrons. The van der Waals surface area contributed by atoms with Gasteiger partial charge in [0.1, 0.15) is 0 Å². The van der Waals surface area contributed by atoms with E-state index in [1.165, 1.54) is 4.57 Å². The summed E-state index contributed by atoms with van der Waals surface area (Å²) in [6, 6.07) is 21.4. The van der Waals surface area contributed by atoms with Gasteiger partial charge in [0.05, 0.1) is 17.4 Å². The lowest BCUT2D eigenvalue weighted by atomic mass is 10.2. The zero-order chi connectivity index (χ0) is 23.4. The van der Waals surface area contributed by atoms with E-state index in [1.54, 1.807) is 42.5 Å². The second kappa shape index (κ2) is 10.1. The minimum atomic E-state index is -0.474. The molecular formula is C25H21Cl2N3O3. The minimum absolute atomic E-state index is 0.0187. The summed E-state index contributed by atoms with van der Waals surface area (Å²) in [7, 11) is 0. The number of hydrogen-bond acceptors (Lipinski definition) is 3. The molecule has 4 rings (SSSR count). The van der Waals surface area contributed by atoms with E-state index in [1.807, 2.05) is 30.3 Å². The number of halogens is 2. The molecule has 1 N–H and O–H groups in total. The normalized spacial score (nSPS) is 11.0. The van der Waals surface area contributed by atoms with Crippen molar-refractivity contribution < 1.29 is 4.79 Å². The second-order valence-corrected chi connectivity index (χ2v) is 8.43. The highest BCUT2D eigenvalue weighted by Gasteiger charge is 2.14. The van der Waals surface area contributed by atoms with Crippen LogP contribution in [0.3, 0.4) is 0 Å². The topological polar surface area (TPSA) is 73.1 Å². The lowest BCUT2D eigenvalue weighted by molar-refractivity contribution is -0.121. The maximum atomic E-state index is 13.3. The third kappa shape index (κ3) is 5.18. The molecule has 0 aliphatic rings. The van der Waals surface area contributed by atoms with Crippen LogP contribution in [-0.2, 0) is 24.4 Å². The summed E-state index contributed by atoms with van der Waals surface area (Å²) in [6.07, 6.45) is -0.0187. The maximum Gasteiger partial charge on any atom is 0.331 e. The van der Waals surface area contributed by atoms with Crippen molar-refractivity contribution in [3.8, 4) is 0 Å². The Morgan fingerprint density at radius 1 is 0.879 bits per heavy atom. The summed E-state index contributed by atoms with van der Waals surface area (Å²) in [5.74, 6) is -0.282. The van der Waals surface area contributed by atoms with E-state index in [2.05, 4.69) is 5.32 Å². The molecule has 33 heavy (non-hydrogen) atoms. The van der Waals surface area contributed by atoms with Gasteiger partial charge in [-0.1, -0.05) is 65.7 Å². The standard InChI is InChI=1S/C25H21Cl2N3O3/c26-19-8-5-6-17(14-19)16-30-22-11-4-2-9-20(22)24(32)29(25(30)33)13-12-23(31)28-15-18-7-1-3-10-21(18)27/h1-11,14H,12-13,15-16H2,(H,28,31). The highest BCUT2D eigenvalue weighted by molar-refractivity contribution is 6.31. The van der Waals surface area contributed by atoms with Crippen molar-refractivity contribution in [3.63, 3.8) is 0 Å². The van der Waals surface area contributed by atoms with E-state index < -0.39 is 11.2 Å². The molecule has 1 amide bonds. The van der Waals surface area contributed by atoms with Gasteiger partial charge in [-0.2, -0.15) is 0 Å². The zero-order valence-electron chi connectivity index (χ0n) is 17.6. The maximum absolute atomic E-state index is 13.3. The summed E-state index contributed by atoms with van der Waals surface area (Å²) >= 11 is 12.2. The number of hydrogen-bond donors (Lipinski definition) is 1. The van der Waals surface area contributed by atoms with Crippen molar-refractivity contribution in [2.45, 2.75) is 26.1 Å². The number of benzene rings is 3. The van der Waals surface area contributed by atoms with E-state index in [9.17, 15) is 14.4 Å². The largest absolute Gasteiger partial charge is 0.352 e. The first kappa shape index (κ1) is 22.8. The Balaban J connectivity index is 1.59. The summed E-state index contributed by atoms with van der Waals surface area (Å²) in [6.45, 7) is 0.482. The van der Waals surface area contributed by atoms with Crippen LogP contribution in [0.25, 0.3) is 10.9 Å². The molecule has 0 spiro atoms. The van der Waals surface area contributed by atoms with Gasteiger partial charge in [0, 0.05) is 29.6 Å². The van der Waals surface area contributed by atoms with Crippen molar-refractivity contribution in [1.82, 2.24) is 14.5 Å². The molecule has 3 aromatic carbocycles. The van der Waals surface area contributed by atoms with Crippen LogP contribution in [0, 0.1) is 0 Å². The first-order chi connectivity index (χ1) is 15.9. The molecule has 0 unspecified atom stereocenters. The number of rotatable bonds is 7. The number of para-hydroxylation sites is 1. The lowest BCUT2D eigenvalue weighted by Gasteiger charge is -2.14. The van der Waals surface area contributed by atoms with Crippen molar-refractivity contribution >= 4 is 40.0 Å². The van der Waals surface area contributed by atoms with Gasteiger partial charge in [-0.15, -0.1) is 0 Å². The molecule has 1 aromatic heterocycles. The Morgan fingerprint density at radius 3 is 2.42 bits per heavy atom. The highest BCUT2D eigenvalue weighted by atomic mass is 35.5. The van der Waals surface area contributed by atoms with Crippen LogP contribution in [0.1, 0.15) is 17.5 Å². The average Bonchev–Trinajstić information content (AvgIpc) is 2.81. The van der Waals surface area contributed by atoms with E-state index >= 15 is 0 Å². The average molecular weight is 482 g/mol. The molecule has 0 saturated carbocycles. The fourth-order valence-corrected chi connectivity index (χ4v) is 4.09. The molecule has 0 fully saturated rings. The first-order valence-electron chi connectivity index (χ1n) is 10.4. The summed E-state index contributed by atoms with van der Waals surface area (Å²) in [5, 5.41) is 4.32. The van der Waals surface area contributed by atoms with E-state index in [0.717, 1.165) is 15.7 Å². The molecule has 8 heteroatoms. The molecule has 4 aromatic rings. The third-order valence-corrected chi connectivity index (χ3v) is 5.96. The van der Waals surface area contributed by atoms with Gasteiger partial charge in [0.15, 0.2) is 0 Å². The first-order valence-corrected chi connectivity index (χ1v) is 11.2. The highest BCUT2D eigenvalue weighted by Crippen LogP contribution is 2.15. The van der Waals surface area contributed by atoms with Gasteiger partial charge in [0.2, 0.25) is 5.91 Å². The Morgan fingerprint density at radius 2 is 1.64 bits per heavy atom. The van der Waals surface area contributed by atoms with Crippen LogP contribution in [0.5, 0.6) is 0 Å². The molecule has 6 nitrogen and oxygen atoms in total. The van der Waals surface area contributed by atoms with Crippen LogP contribution in [0.4, 0.5) is 0 Å². The van der Waals surface area contributed by atoms with Gasteiger partial charge in [-0.25, -0.2) is 4.79 Å². The summed E-state index contributed by atoms with van der Waals surface area (Å²) < 4.78 is 2.64. The van der Waals surface area contributed by atoms with Crippen LogP contribution < -0.4 is 16.6 Å². The minimum Gasteiger partial charge on any atom is -0.352 e. The fourth-order valence-electron chi connectivity index (χ4n) is 3.68. The molecule has 1 heterocycles. The number of carbonyl (C=O) groups excluding carboxylic acids is 1. The SMILES string of the molecule is O=C(CCn1c(=O)c2ccccc2n(Cc2cccc(Cl)c2)c1=O)NCc1ccccc1Cl. The number of fused-ring (bicyclic) bond motifs is 1. The van der Waals surface area contributed by atoms with Gasteiger partial charge in [0.25, 0.3) is 5.56 Å². The van der Waals surface area contributed by atoms with E-state index in [4.69, 9.17) is 23.2 Å². The van der Waals surface area contributed by atoms with Crippen LogP contribution in [-0.4, -0.2) is 15.0 Å². The molecule has 0 aliphatic heterocycles. The molecule has 0 bridgehead atoms. The van der Waals surface area contributed by atoms with Crippen molar-refractivity contribution in [3.05, 3.63) is 115 Å². The van der Waals surface area contributed by atoms with Crippen molar-refractivity contribution in [1.29, 1.82) is 0 Å². The predicted molar refractivity (Wildman–Crippen MR) is 131 cm³/mol. The smallest absolute Gasteiger partial charge is 0.331 e. The van der Waals surface area contributed by atoms with E-state index in [0.29, 0.717) is 20.9 Å². The van der Waals surface area contributed by atoms with Crippen LogP contribution >= 0.6 is 23.2 Å². The van der Waals surface area contributed by atoms with Crippen LogP contribution in [0.15, 0.2) is 82.4 Å². The second-order valence-electron chi connectivity index (χ2n) is 7.59. The molecule has 0 saturated heterocycles. The number of nitrogens with zero attached hydrogens (tertiary/aromatic N) is 2. The van der Waals surface area contributed by atoms with Crippen LogP contribution in [0.2, 0.25) is 10.0 Å². The fraction of sp³-hybridized carbons (Fsp3) is 0.160. The van der Waals surface area contributed by atoms with Gasteiger partial charge < -0.3 is 5.32 Å². The van der Waals surface area contributed by atoms with E-state index in [-0.39, 0.29) is 32.0 Å². The summed E-state index contributed by atoms with van der Waals surface area (Å²) in [4.78, 5) is 38.7. The Bertz CT molecular complexity index is 1440. The number of nitrogens with one attached hydrogen (secondary N) is 1. The summed E-state index contributed by atoms with van der Waals surface area (Å²) in [5.41, 5.74) is 1.26. The number of carbonyl (C=O) groups is 1. The number of aromatic nitrogens is 2. The third-order valence-electron chi connectivity index (χ3n) is 5.36. The van der Waals surface area contributed by atoms with Gasteiger partial charge in [-0.3, -0.25) is 18.7 Å². The van der Waals surface area contributed by atoms with Gasteiger partial charge in [-0.05, 0) is 41.5 Å².